The fourth-order valence-electron chi connectivity index (χ4n) is 3.84. The van der Waals surface area contributed by atoms with Gasteiger partial charge in [-0.3, -0.25) is 4.79 Å². The topological polar surface area (TPSA) is 107 Å². The molecule has 4 rings (SSSR count). The van der Waals surface area contributed by atoms with Crippen LogP contribution in [0.25, 0.3) is 0 Å². The van der Waals surface area contributed by atoms with Gasteiger partial charge in [-0.15, -0.1) is 0 Å². The zero-order valence-electron chi connectivity index (χ0n) is 21.1. The number of rotatable bonds is 10. The van der Waals surface area contributed by atoms with Crippen molar-refractivity contribution in [3.05, 3.63) is 77.5 Å². The van der Waals surface area contributed by atoms with Gasteiger partial charge in [0.15, 0.2) is 11.4 Å². The van der Waals surface area contributed by atoms with E-state index in [2.05, 4.69) is 9.88 Å². The molecule has 1 aromatic heterocycles. The van der Waals surface area contributed by atoms with Crippen LogP contribution in [0.2, 0.25) is 0 Å². The molecule has 1 saturated heterocycles. The Morgan fingerprint density at radius 3 is 2.43 bits per heavy atom. The highest BCUT2D eigenvalue weighted by molar-refractivity contribution is 6.11. The Bertz CT molecular complexity index is 1250. The minimum Gasteiger partial charge on any atom is -0.497 e. The lowest BCUT2D eigenvalue weighted by atomic mass is 10.0. The molecule has 9 nitrogen and oxygen atoms in total. The molecule has 0 aliphatic carbocycles. The first-order valence-corrected chi connectivity index (χ1v) is 11.9. The highest BCUT2D eigenvalue weighted by atomic mass is 16.5. The second-order valence-electron chi connectivity index (χ2n) is 9.01. The number of ether oxygens (including phenoxy) is 4. The van der Waals surface area contributed by atoms with Crippen molar-refractivity contribution in [1.29, 1.82) is 0 Å². The largest absolute Gasteiger partial charge is 0.497 e. The molecule has 0 spiro atoms. The summed E-state index contributed by atoms with van der Waals surface area (Å²) in [6, 6.07) is 15.4. The van der Waals surface area contributed by atoms with Gasteiger partial charge in [0.1, 0.15) is 29.7 Å². The number of carbonyl (C=O) groups excluding carboxylic acids is 1. The maximum atomic E-state index is 13.3. The van der Waals surface area contributed by atoms with E-state index in [1.54, 1.807) is 42.6 Å². The van der Waals surface area contributed by atoms with E-state index in [-0.39, 0.29) is 17.1 Å². The van der Waals surface area contributed by atoms with E-state index >= 15 is 0 Å². The molecule has 2 heterocycles. The molecule has 2 aromatic carbocycles. The molecule has 9 heteroatoms. The van der Waals surface area contributed by atoms with Gasteiger partial charge < -0.3 is 29.0 Å². The number of benzene rings is 2. The van der Waals surface area contributed by atoms with Crippen molar-refractivity contribution >= 4 is 17.6 Å². The summed E-state index contributed by atoms with van der Waals surface area (Å²) < 4.78 is 22.4. The Morgan fingerprint density at radius 2 is 1.76 bits per heavy atom. The van der Waals surface area contributed by atoms with E-state index in [4.69, 9.17) is 18.9 Å². The fraction of sp³-hybridized carbons (Fsp3) is 0.321. The standard InChI is InChI=1S/C28H30N2O7/c1-28(2,27(32)33)37-24-17-22(34-3)10-11-23(24)25(31)19-6-8-21(9-7-19)36-18-20-5-4-12-29-26(20)30-13-15-35-16-14-30/h4-12,17H,13-16,18H2,1-3H3,(H,32,33). The molecule has 37 heavy (non-hydrogen) atoms. The van der Waals surface area contributed by atoms with Crippen molar-refractivity contribution in [3.63, 3.8) is 0 Å². The average Bonchev–Trinajstić information content (AvgIpc) is 2.92. The molecule has 0 amide bonds. The number of anilines is 1. The number of hydrogen-bond acceptors (Lipinski definition) is 8. The lowest BCUT2D eigenvalue weighted by Crippen LogP contribution is -2.38. The number of carboxylic acid groups (broad SMARTS) is 1. The van der Waals surface area contributed by atoms with E-state index < -0.39 is 11.6 Å². The van der Waals surface area contributed by atoms with Gasteiger partial charge in [0, 0.05) is 36.5 Å². The Balaban J connectivity index is 1.49. The van der Waals surface area contributed by atoms with Crippen LogP contribution in [0.1, 0.15) is 35.3 Å². The third-order valence-electron chi connectivity index (χ3n) is 6.00. The van der Waals surface area contributed by atoms with Crippen LogP contribution in [-0.2, 0) is 16.1 Å². The number of aliphatic carboxylic acids is 1. The van der Waals surface area contributed by atoms with E-state index in [9.17, 15) is 14.7 Å². The second kappa shape index (κ2) is 11.3. The Kier molecular flexibility index (Phi) is 7.93. The quantitative estimate of drug-likeness (QED) is 0.409. The smallest absolute Gasteiger partial charge is 0.347 e. The van der Waals surface area contributed by atoms with Crippen LogP contribution in [0, 0.1) is 0 Å². The molecule has 0 atom stereocenters. The number of hydrogen-bond donors (Lipinski definition) is 1. The van der Waals surface area contributed by atoms with E-state index in [0.29, 0.717) is 36.9 Å². The van der Waals surface area contributed by atoms with Crippen molar-refractivity contribution in [2.75, 3.05) is 38.3 Å². The van der Waals surface area contributed by atoms with Crippen molar-refractivity contribution in [1.82, 2.24) is 4.98 Å². The predicted molar refractivity (Wildman–Crippen MR) is 137 cm³/mol. The van der Waals surface area contributed by atoms with Crippen LogP contribution < -0.4 is 19.1 Å². The van der Waals surface area contributed by atoms with Gasteiger partial charge in [0.25, 0.3) is 0 Å². The summed E-state index contributed by atoms with van der Waals surface area (Å²) in [5, 5.41) is 9.46. The SMILES string of the molecule is COc1ccc(C(=O)c2ccc(OCc3cccnc3N3CCOCC3)cc2)c(OC(C)(C)C(=O)O)c1. The molecule has 3 aromatic rings. The first-order chi connectivity index (χ1) is 17.8. The van der Waals surface area contributed by atoms with Crippen LogP contribution in [0.3, 0.4) is 0 Å². The molecular formula is C28H30N2O7. The molecule has 0 unspecified atom stereocenters. The molecule has 0 bridgehead atoms. The van der Waals surface area contributed by atoms with Crippen LogP contribution in [0.15, 0.2) is 60.8 Å². The minimum atomic E-state index is -1.54. The maximum Gasteiger partial charge on any atom is 0.347 e. The molecule has 0 saturated carbocycles. The van der Waals surface area contributed by atoms with Crippen LogP contribution in [0.5, 0.6) is 17.2 Å². The second-order valence-corrected chi connectivity index (χ2v) is 9.01. The van der Waals surface area contributed by atoms with Crippen molar-refractivity contribution in [3.8, 4) is 17.2 Å². The maximum absolute atomic E-state index is 13.3. The number of nitrogens with zero attached hydrogens (tertiary/aromatic N) is 2. The Hall–Kier alpha value is -4.11. The lowest BCUT2D eigenvalue weighted by molar-refractivity contribution is -0.152. The summed E-state index contributed by atoms with van der Waals surface area (Å²) in [7, 11) is 1.48. The van der Waals surface area contributed by atoms with E-state index in [0.717, 1.165) is 24.5 Å². The van der Waals surface area contributed by atoms with E-state index in [1.165, 1.54) is 27.0 Å². The number of morpholine rings is 1. The number of aromatic nitrogens is 1. The predicted octanol–water partition coefficient (Wildman–Crippen LogP) is 3.98. The van der Waals surface area contributed by atoms with Gasteiger partial charge >= 0.3 is 5.97 Å². The average molecular weight is 507 g/mol. The van der Waals surface area contributed by atoms with Gasteiger partial charge in [0.05, 0.1) is 25.9 Å². The highest BCUT2D eigenvalue weighted by Gasteiger charge is 2.31. The number of methoxy groups -OCH3 is 1. The normalized spacial score (nSPS) is 13.6. The van der Waals surface area contributed by atoms with E-state index in [1.807, 2.05) is 12.1 Å². The fourth-order valence-corrected chi connectivity index (χ4v) is 3.84. The summed E-state index contributed by atoms with van der Waals surface area (Å²) in [4.78, 5) is 31.6. The minimum absolute atomic E-state index is 0.129. The summed E-state index contributed by atoms with van der Waals surface area (Å²) in [5.41, 5.74) is 0.0664. The third kappa shape index (κ3) is 6.18. The van der Waals surface area contributed by atoms with Gasteiger partial charge in [0.2, 0.25) is 0 Å². The summed E-state index contributed by atoms with van der Waals surface area (Å²) in [6.45, 7) is 6.06. The number of carbonyl (C=O) groups is 2. The third-order valence-corrected chi connectivity index (χ3v) is 6.00. The Morgan fingerprint density at radius 1 is 1.05 bits per heavy atom. The number of carboxylic acids is 1. The summed E-state index contributed by atoms with van der Waals surface area (Å²) >= 11 is 0. The molecule has 0 radical (unpaired) electrons. The zero-order chi connectivity index (χ0) is 26.4. The molecule has 1 aliphatic rings. The van der Waals surface area contributed by atoms with Gasteiger partial charge in [-0.2, -0.15) is 0 Å². The van der Waals surface area contributed by atoms with Crippen molar-refractivity contribution in [2.45, 2.75) is 26.1 Å². The highest BCUT2D eigenvalue weighted by Crippen LogP contribution is 2.31. The van der Waals surface area contributed by atoms with Crippen molar-refractivity contribution < 1.29 is 33.6 Å². The van der Waals surface area contributed by atoms with Gasteiger partial charge in [-0.25, -0.2) is 9.78 Å². The van der Waals surface area contributed by atoms with Crippen molar-refractivity contribution in [2.24, 2.45) is 0 Å². The first-order valence-electron chi connectivity index (χ1n) is 11.9. The van der Waals surface area contributed by atoms with Crippen LogP contribution >= 0.6 is 0 Å². The zero-order valence-corrected chi connectivity index (χ0v) is 21.1. The van der Waals surface area contributed by atoms with Crippen LogP contribution in [0.4, 0.5) is 5.82 Å². The molecule has 1 N–H and O–H groups in total. The first kappa shape index (κ1) is 26.0. The van der Waals surface area contributed by atoms with Gasteiger partial charge in [-0.05, 0) is 56.3 Å². The number of pyridine rings is 1. The molecule has 194 valence electrons. The van der Waals surface area contributed by atoms with Gasteiger partial charge in [-0.1, -0.05) is 6.07 Å². The molecule has 1 aliphatic heterocycles. The summed E-state index contributed by atoms with van der Waals surface area (Å²) in [5.74, 6) is 0.598. The van der Waals surface area contributed by atoms with Crippen LogP contribution in [-0.4, -0.2) is 60.9 Å². The Labute approximate surface area is 215 Å². The summed E-state index contributed by atoms with van der Waals surface area (Å²) in [6.07, 6.45) is 1.77. The lowest BCUT2D eigenvalue weighted by Gasteiger charge is -2.29. The monoisotopic (exact) mass is 506 g/mol. The number of ketones is 1. The molecule has 1 fully saturated rings. The molecular weight excluding hydrogens is 476 g/mol.